The first-order valence-electron chi connectivity index (χ1n) is 7.64. The average Bonchev–Trinajstić information content (AvgIpc) is 2.72. The van der Waals surface area contributed by atoms with Crippen molar-refractivity contribution in [1.82, 2.24) is 10.6 Å². The molecule has 3 N–H and O–H groups in total. The lowest BCUT2D eigenvalue weighted by atomic mass is 10.0. The predicted molar refractivity (Wildman–Crippen MR) is 86.3 cm³/mol. The van der Waals surface area contributed by atoms with Crippen LogP contribution in [0.15, 0.2) is 47.3 Å². The number of allylic oxidation sites excluding steroid dienone is 2. The molecule has 0 aromatic heterocycles. The van der Waals surface area contributed by atoms with Gasteiger partial charge in [0.25, 0.3) is 0 Å². The Morgan fingerprint density at radius 3 is 2.90 bits per heavy atom. The van der Waals surface area contributed by atoms with E-state index in [-0.39, 0.29) is 6.10 Å². The van der Waals surface area contributed by atoms with Gasteiger partial charge in [-0.25, -0.2) is 0 Å². The van der Waals surface area contributed by atoms with Gasteiger partial charge in [-0.1, -0.05) is 26.0 Å². The van der Waals surface area contributed by atoms with Crippen LogP contribution in [0.3, 0.4) is 0 Å². The van der Waals surface area contributed by atoms with Crippen LogP contribution in [-0.4, -0.2) is 24.3 Å². The fourth-order valence-corrected chi connectivity index (χ4v) is 2.22. The van der Waals surface area contributed by atoms with Gasteiger partial charge in [0.1, 0.15) is 0 Å². The molecule has 0 bridgehead atoms. The summed E-state index contributed by atoms with van der Waals surface area (Å²) in [4.78, 5) is 0. The SMILES string of the molecule is CC.CC1=C(N/C=C/C2=CCCNCC2)C=CC(O)C1. The monoisotopic (exact) mass is 276 g/mol. The van der Waals surface area contributed by atoms with Gasteiger partial charge in [0.2, 0.25) is 0 Å². The van der Waals surface area contributed by atoms with E-state index in [2.05, 4.69) is 29.7 Å². The van der Waals surface area contributed by atoms with E-state index >= 15 is 0 Å². The van der Waals surface area contributed by atoms with E-state index in [1.54, 1.807) is 0 Å². The maximum Gasteiger partial charge on any atom is 0.0762 e. The highest BCUT2D eigenvalue weighted by Gasteiger charge is 2.09. The van der Waals surface area contributed by atoms with E-state index in [0.717, 1.165) is 38.0 Å². The molecule has 2 aliphatic rings. The summed E-state index contributed by atoms with van der Waals surface area (Å²) >= 11 is 0. The predicted octanol–water partition coefficient (Wildman–Crippen LogP) is 3.02. The van der Waals surface area contributed by atoms with Crippen LogP contribution in [0.4, 0.5) is 0 Å². The highest BCUT2D eigenvalue weighted by molar-refractivity contribution is 5.31. The molecule has 3 nitrogen and oxygen atoms in total. The minimum absolute atomic E-state index is 0.324. The largest absolute Gasteiger partial charge is 0.389 e. The molecule has 0 aromatic rings. The molecule has 0 spiro atoms. The second kappa shape index (κ2) is 9.56. The van der Waals surface area contributed by atoms with Gasteiger partial charge in [-0.15, -0.1) is 0 Å². The van der Waals surface area contributed by atoms with Crippen molar-refractivity contribution in [2.24, 2.45) is 0 Å². The van der Waals surface area contributed by atoms with Crippen LogP contribution in [0.1, 0.15) is 40.0 Å². The standard InChI is InChI=1S/C15H22N2O.C2H6/c1-12-11-14(18)4-5-15(12)17-10-7-13-3-2-8-16-9-6-13;1-2/h3-5,7,10,14,16-18H,2,6,8-9,11H2,1H3;1-2H3/b10-7+;. The molecule has 0 radical (unpaired) electrons. The van der Waals surface area contributed by atoms with E-state index in [9.17, 15) is 5.11 Å². The maximum atomic E-state index is 9.48. The summed E-state index contributed by atoms with van der Waals surface area (Å²) in [5, 5.41) is 16.1. The highest BCUT2D eigenvalue weighted by Crippen LogP contribution is 2.17. The molecule has 3 heteroatoms. The Labute approximate surface area is 123 Å². The van der Waals surface area contributed by atoms with Gasteiger partial charge in [0, 0.05) is 11.9 Å². The van der Waals surface area contributed by atoms with Crippen LogP contribution >= 0.6 is 0 Å². The molecule has 2 rings (SSSR count). The summed E-state index contributed by atoms with van der Waals surface area (Å²) in [6.07, 6.45) is 12.8. The summed E-state index contributed by atoms with van der Waals surface area (Å²) in [6.45, 7) is 8.19. The quantitative estimate of drug-likeness (QED) is 0.742. The van der Waals surface area contributed by atoms with Crippen LogP contribution in [-0.2, 0) is 0 Å². The van der Waals surface area contributed by atoms with Crippen molar-refractivity contribution in [3.63, 3.8) is 0 Å². The topological polar surface area (TPSA) is 44.3 Å². The third-order valence-electron chi connectivity index (χ3n) is 3.31. The lowest BCUT2D eigenvalue weighted by molar-refractivity contribution is 0.221. The Bertz CT molecular complexity index is 405. The number of hydrogen-bond donors (Lipinski definition) is 3. The molecule has 20 heavy (non-hydrogen) atoms. The number of hydrogen-bond acceptors (Lipinski definition) is 3. The van der Waals surface area contributed by atoms with E-state index < -0.39 is 0 Å². The molecule has 1 atom stereocenters. The zero-order chi connectivity index (χ0) is 14.8. The summed E-state index contributed by atoms with van der Waals surface area (Å²) in [7, 11) is 0. The Kier molecular flexibility index (Phi) is 8.00. The van der Waals surface area contributed by atoms with Gasteiger partial charge in [-0.05, 0) is 62.6 Å². The minimum atomic E-state index is -0.324. The molecular weight excluding hydrogens is 248 g/mol. The molecule has 0 saturated carbocycles. The lowest BCUT2D eigenvalue weighted by Gasteiger charge is -2.16. The van der Waals surface area contributed by atoms with Crippen molar-refractivity contribution < 1.29 is 5.11 Å². The molecule has 0 fully saturated rings. The van der Waals surface area contributed by atoms with Crippen molar-refractivity contribution in [1.29, 1.82) is 0 Å². The van der Waals surface area contributed by atoms with Crippen molar-refractivity contribution in [3.8, 4) is 0 Å². The van der Waals surface area contributed by atoms with Crippen LogP contribution in [0, 0.1) is 0 Å². The molecule has 0 aromatic carbocycles. The Morgan fingerprint density at radius 2 is 2.15 bits per heavy atom. The molecule has 1 heterocycles. The molecule has 0 amide bonds. The molecule has 1 aliphatic heterocycles. The number of aliphatic hydroxyl groups is 1. The fraction of sp³-hybridized carbons (Fsp3) is 0.529. The Hall–Kier alpha value is -1.32. The molecule has 0 saturated heterocycles. The fourth-order valence-electron chi connectivity index (χ4n) is 2.22. The van der Waals surface area contributed by atoms with Crippen LogP contribution in [0.2, 0.25) is 0 Å². The van der Waals surface area contributed by atoms with Gasteiger partial charge < -0.3 is 15.7 Å². The van der Waals surface area contributed by atoms with Gasteiger partial charge in [-0.3, -0.25) is 0 Å². The van der Waals surface area contributed by atoms with Crippen molar-refractivity contribution in [2.45, 2.75) is 46.1 Å². The van der Waals surface area contributed by atoms with E-state index in [1.807, 2.05) is 32.2 Å². The first-order valence-corrected chi connectivity index (χ1v) is 7.64. The second-order valence-electron chi connectivity index (χ2n) is 4.87. The van der Waals surface area contributed by atoms with Crippen molar-refractivity contribution >= 4 is 0 Å². The van der Waals surface area contributed by atoms with Crippen LogP contribution in [0.5, 0.6) is 0 Å². The van der Waals surface area contributed by atoms with E-state index in [1.165, 1.54) is 11.1 Å². The first-order chi connectivity index (χ1) is 9.75. The van der Waals surface area contributed by atoms with E-state index in [4.69, 9.17) is 0 Å². The van der Waals surface area contributed by atoms with Gasteiger partial charge in [-0.2, -0.15) is 0 Å². The summed E-state index contributed by atoms with van der Waals surface area (Å²) in [5.41, 5.74) is 3.68. The molecule has 1 aliphatic carbocycles. The van der Waals surface area contributed by atoms with Gasteiger partial charge in [0.15, 0.2) is 0 Å². The zero-order valence-electron chi connectivity index (χ0n) is 12.9. The Balaban J connectivity index is 0.000000956. The third-order valence-corrected chi connectivity index (χ3v) is 3.31. The third kappa shape index (κ3) is 5.76. The minimum Gasteiger partial charge on any atom is -0.389 e. The summed E-state index contributed by atoms with van der Waals surface area (Å²) in [6, 6.07) is 0. The highest BCUT2D eigenvalue weighted by atomic mass is 16.3. The number of aliphatic hydroxyl groups excluding tert-OH is 1. The molecule has 112 valence electrons. The average molecular weight is 276 g/mol. The zero-order valence-corrected chi connectivity index (χ0v) is 12.9. The first kappa shape index (κ1) is 16.7. The van der Waals surface area contributed by atoms with Crippen LogP contribution in [0.25, 0.3) is 0 Å². The normalized spacial score (nSPS) is 23.0. The molecule has 1 unspecified atom stereocenters. The summed E-state index contributed by atoms with van der Waals surface area (Å²) < 4.78 is 0. The van der Waals surface area contributed by atoms with Gasteiger partial charge in [0.05, 0.1) is 6.10 Å². The molecular formula is C17H28N2O. The van der Waals surface area contributed by atoms with E-state index in [0.29, 0.717) is 0 Å². The lowest BCUT2D eigenvalue weighted by Crippen LogP contribution is -2.15. The Morgan fingerprint density at radius 1 is 1.35 bits per heavy atom. The maximum absolute atomic E-state index is 9.48. The number of rotatable bonds is 3. The summed E-state index contributed by atoms with van der Waals surface area (Å²) in [5.74, 6) is 0. The van der Waals surface area contributed by atoms with Gasteiger partial charge >= 0.3 is 0 Å². The van der Waals surface area contributed by atoms with Crippen molar-refractivity contribution in [3.05, 3.63) is 47.3 Å². The van der Waals surface area contributed by atoms with Crippen LogP contribution < -0.4 is 10.6 Å². The smallest absolute Gasteiger partial charge is 0.0762 e. The second-order valence-corrected chi connectivity index (χ2v) is 4.87. The van der Waals surface area contributed by atoms with Crippen molar-refractivity contribution in [2.75, 3.05) is 13.1 Å². The number of nitrogens with one attached hydrogen (secondary N) is 2.